The fraction of sp³-hybridized carbons (Fsp3) is 0.263. The largest absolute Gasteiger partial charge is 0.376 e. The predicted octanol–water partition coefficient (Wildman–Crippen LogP) is 2.40. The average Bonchev–Trinajstić information content (AvgIpc) is 2.64. The highest BCUT2D eigenvalue weighted by Crippen LogP contribution is 2.05. The molecule has 25 heavy (non-hydrogen) atoms. The van der Waals surface area contributed by atoms with Gasteiger partial charge in [0.1, 0.15) is 5.82 Å². The second kappa shape index (κ2) is 9.42. The van der Waals surface area contributed by atoms with E-state index in [1.807, 2.05) is 37.3 Å². The lowest BCUT2D eigenvalue weighted by Crippen LogP contribution is -2.42. The van der Waals surface area contributed by atoms with Crippen LogP contribution in [-0.4, -0.2) is 36.3 Å². The maximum Gasteiger partial charge on any atom is 0.242 e. The third-order valence-electron chi connectivity index (χ3n) is 3.69. The highest BCUT2D eigenvalue weighted by Gasteiger charge is 2.15. The molecule has 2 aromatic rings. The normalized spacial score (nSPS) is 10.2. The lowest BCUT2D eigenvalue weighted by atomic mass is 10.2. The molecule has 2 amide bonds. The van der Waals surface area contributed by atoms with Gasteiger partial charge in [0, 0.05) is 18.8 Å². The topological polar surface area (TPSA) is 61.4 Å². The van der Waals surface area contributed by atoms with Crippen molar-refractivity contribution in [1.82, 2.24) is 10.2 Å². The summed E-state index contributed by atoms with van der Waals surface area (Å²) in [6.07, 6.45) is 0. The van der Waals surface area contributed by atoms with Crippen molar-refractivity contribution in [3.8, 4) is 0 Å². The molecule has 0 aliphatic carbocycles. The van der Waals surface area contributed by atoms with Crippen LogP contribution < -0.4 is 10.6 Å². The van der Waals surface area contributed by atoms with Gasteiger partial charge in [-0.25, -0.2) is 4.39 Å². The smallest absolute Gasteiger partial charge is 0.242 e. The van der Waals surface area contributed by atoms with Crippen molar-refractivity contribution < 1.29 is 14.0 Å². The summed E-state index contributed by atoms with van der Waals surface area (Å²) < 4.78 is 12.8. The molecule has 0 aromatic heterocycles. The molecule has 0 aliphatic rings. The van der Waals surface area contributed by atoms with Gasteiger partial charge in [0.2, 0.25) is 11.8 Å². The van der Waals surface area contributed by atoms with Gasteiger partial charge in [-0.15, -0.1) is 0 Å². The molecule has 2 rings (SSSR count). The number of hydrogen-bond donors (Lipinski definition) is 2. The molecular formula is C19H22FN3O2. The lowest BCUT2D eigenvalue weighted by molar-refractivity contribution is -0.134. The van der Waals surface area contributed by atoms with Crippen LogP contribution in [0.25, 0.3) is 0 Å². The van der Waals surface area contributed by atoms with Crippen molar-refractivity contribution in [3.63, 3.8) is 0 Å². The second-order valence-electron chi connectivity index (χ2n) is 5.53. The van der Waals surface area contributed by atoms with Gasteiger partial charge in [0.25, 0.3) is 0 Å². The van der Waals surface area contributed by atoms with Crippen LogP contribution in [-0.2, 0) is 16.1 Å². The van der Waals surface area contributed by atoms with E-state index in [4.69, 9.17) is 0 Å². The van der Waals surface area contributed by atoms with Crippen LogP contribution in [0.5, 0.6) is 0 Å². The van der Waals surface area contributed by atoms with Crippen molar-refractivity contribution in [1.29, 1.82) is 0 Å². The molecule has 0 bridgehead atoms. The standard InChI is InChI=1S/C19H22FN3O2/c1-2-23(19(25)13-21-17-6-4-3-5-7-17)14-18(24)22-12-15-8-10-16(20)11-9-15/h3-11,21H,2,12-14H2,1H3,(H,22,24). The third kappa shape index (κ3) is 6.25. The molecule has 2 aromatic carbocycles. The quantitative estimate of drug-likeness (QED) is 0.774. The summed E-state index contributed by atoms with van der Waals surface area (Å²) in [5, 5.41) is 5.77. The second-order valence-corrected chi connectivity index (χ2v) is 5.53. The van der Waals surface area contributed by atoms with Gasteiger partial charge >= 0.3 is 0 Å². The summed E-state index contributed by atoms with van der Waals surface area (Å²) in [6.45, 7) is 2.69. The fourth-order valence-electron chi connectivity index (χ4n) is 2.25. The van der Waals surface area contributed by atoms with Gasteiger partial charge in [-0.05, 0) is 36.8 Å². The number of para-hydroxylation sites is 1. The number of carbonyl (C=O) groups excluding carboxylic acids is 2. The van der Waals surface area contributed by atoms with Crippen LogP contribution >= 0.6 is 0 Å². The number of halogens is 1. The van der Waals surface area contributed by atoms with Gasteiger partial charge in [-0.3, -0.25) is 9.59 Å². The molecule has 0 spiro atoms. The number of likely N-dealkylation sites (N-methyl/N-ethyl adjacent to an activating group) is 1. The van der Waals surface area contributed by atoms with Gasteiger partial charge in [-0.2, -0.15) is 0 Å². The van der Waals surface area contributed by atoms with Crippen molar-refractivity contribution in [2.45, 2.75) is 13.5 Å². The van der Waals surface area contributed by atoms with Crippen LogP contribution in [0.4, 0.5) is 10.1 Å². The molecule has 0 unspecified atom stereocenters. The molecule has 0 saturated heterocycles. The number of rotatable bonds is 8. The molecule has 6 heteroatoms. The Morgan fingerprint density at radius 1 is 1.04 bits per heavy atom. The van der Waals surface area contributed by atoms with Crippen LogP contribution in [0, 0.1) is 5.82 Å². The number of nitrogens with zero attached hydrogens (tertiary/aromatic N) is 1. The Labute approximate surface area is 146 Å². The number of hydrogen-bond acceptors (Lipinski definition) is 3. The summed E-state index contributed by atoms with van der Waals surface area (Å²) in [5.41, 5.74) is 1.66. The zero-order valence-corrected chi connectivity index (χ0v) is 14.2. The minimum absolute atomic E-state index is 0.00695. The van der Waals surface area contributed by atoms with Crippen LogP contribution in [0.2, 0.25) is 0 Å². The Morgan fingerprint density at radius 3 is 2.36 bits per heavy atom. The first-order valence-corrected chi connectivity index (χ1v) is 8.16. The van der Waals surface area contributed by atoms with E-state index in [2.05, 4.69) is 10.6 Å². The Bertz CT molecular complexity index is 690. The number of anilines is 1. The summed E-state index contributed by atoms with van der Waals surface area (Å²) in [7, 11) is 0. The minimum atomic E-state index is -0.316. The molecule has 2 N–H and O–H groups in total. The fourth-order valence-corrected chi connectivity index (χ4v) is 2.25. The lowest BCUT2D eigenvalue weighted by Gasteiger charge is -2.21. The van der Waals surface area contributed by atoms with Crippen LogP contribution in [0.1, 0.15) is 12.5 Å². The predicted molar refractivity (Wildman–Crippen MR) is 95.4 cm³/mol. The maximum atomic E-state index is 12.8. The monoisotopic (exact) mass is 343 g/mol. The summed E-state index contributed by atoms with van der Waals surface area (Å²) in [4.78, 5) is 25.8. The highest BCUT2D eigenvalue weighted by atomic mass is 19.1. The molecule has 132 valence electrons. The average molecular weight is 343 g/mol. The molecular weight excluding hydrogens is 321 g/mol. The summed E-state index contributed by atoms with van der Waals surface area (Å²) in [5.74, 6) is -0.716. The van der Waals surface area contributed by atoms with Crippen molar-refractivity contribution in [2.75, 3.05) is 25.0 Å². The Hall–Kier alpha value is -2.89. The van der Waals surface area contributed by atoms with E-state index in [0.717, 1.165) is 11.3 Å². The van der Waals surface area contributed by atoms with Gasteiger partial charge < -0.3 is 15.5 Å². The van der Waals surface area contributed by atoms with Gasteiger partial charge in [0.15, 0.2) is 0 Å². The van der Waals surface area contributed by atoms with Gasteiger partial charge in [0.05, 0.1) is 13.1 Å². The zero-order chi connectivity index (χ0) is 18.1. The van der Waals surface area contributed by atoms with E-state index >= 15 is 0 Å². The first-order valence-electron chi connectivity index (χ1n) is 8.16. The van der Waals surface area contributed by atoms with Gasteiger partial charge in [-0.1, -0.05) is 30.3 Å². The number of amides is 2. The van der Waals surface area contributed by atoms with Crippen LogP contribution in [0.3, 0.4) is 0 Å². The first-order chi connectivity index (χ1) is 12.1. The number of benzene rings is 2. The molecule has 0 saturated carbocycles. The summed E-state index contributed by atoms with van der Waals surface area (Å²) in [6, 6.07) is 15.3. The Morgan fingerprint density at radius 2 is 1.72 bits per heavy atom. The molecule has 5 nitrogen and oxygen atoms in total. The first kappa shape index (κ1) is 18.4. The molecule has 0 atom stereocenters. The van der Waals surface area contributed by atoms with E-state index in [9.17, 15) is 14.0 Å². The van der Waals surface area contributed by atoms with Crippen molar-refractivity contribution in [2.24, 2.45) is 0 Å². The van der Waals surface area contributed by atoms with E-state index < -0.39 is 0 Å². The molecule has 0 radical (unpaired) electrons. The molecule has 0 heterocycles. The molecule has 0 fully saturated rings. The van der Waals surface area contributed by atoms with Crippen LogP contribution in [0.15, 0.2) is 54.6 Å². The SMILES string of the molecule is CCN(CC(=O)NCc1ccc(F)cc1)C(=O)CNc1ccccc1. The minimum Gasteiger partial charge on any atom is -0.376 e. The number of nitrogens with one attached hydrogen (secondary N) is 2. The van der Waals surface area contributed by atoms with E-state index in [-0.39, 0.29) is 30.7 Å². The maximum absolute atomic E-state index is 12.8. The zero-order valence-electron chi connectivity index (χ0n) is 14.2. The Kier molecular flexibility index (Phi) is 6.95. The molecule has 0 aliphatic heterocycles. The number of carbonyl (C=O) groups is 2. The van der Waals surface area contributed by atoms with Crippen molar-refractivity contribution >= 4 is 17.5 Å². The third-order valence-corrected chi connectivity index (χ3v) is 3.69. The van der Waals surface area contributed by atoms with E-state index in [1.165, 1.54) is 17.0 Å². The van der Waals surface area contributed by atoms with E-state index in [1.54, 1.807) is 12.1 Å². The van der Waals surface area contributed by atoms with E-state index in [0.29, 0.717) is 13.1 Å². The highest BCUT2D eigenvalue weighted by molar-refractivity contribution is 5.86. The Balaban J connectivity index is 1.78. The summed E-state index contributed by atoms with van der Waals surface area (Å²) >= 11 is 0. The van der Waals surface area contributed by atoms with Crippen molar-refractivity contribution in [3.05, 3.63) is 66.0 Å².